The predicted octanol–water partition coefficient (Wildman–Crippen LogP) is 2.21. The summed E-state index contributed by atoms with van der Waals surface area (Å²) in [5.74, 6) is 0.204. The predicted molar refractivity (Wildman–Crippen MR) is 101 cm³/mol. The lowest BCUT2D eigenvalue weighted by molar-refractivity contribution is 0.0736. The molecule has 0 saturated carbocycles. The number of hydrogen-bond donors (Lipinski definition) is 1. The Balaban J connectivity index is 0.00000225. The van der Waals surface area contributed by atoms with Crippen molar-refractivity contribution in [3.8, 4) is 0 Å². The zero-order valence-corrected chi connectivity index (χ0v) is 15.6. The van der Waals surface area contributed by atoms with E-state index in [2.05, 4.69) is 5.10 Å². The molecule has 2 atom stereocenters. The molecule has 0 bridgehead atoms. The first-order valence-electron chi connectivity index (χ1n) is 8.46. The molecule has 6 nitrogen and oxygen atoms in total. The fourth-order valence-corrected chi connectivity index (χ4v) is 3.45. The van der Waals surface area contributed by atoms with Crippen molar-refractivity contribution in [3.63, 3.8) is 0 Å². The number of aromatic nitrogens is 2. The Labute approximate surface area is 153 Å². The van der Waals surface area contributed by atoms with E-state index >= 15 is 0 Å². The number of carbonyl (C=O) groups is 1. The van der Waals surface area contributed by atoms with Crippen molar-refractivity contribution in [1.82, 2.24) is 14.7 Å². The highest BCUT2D eigenvalue weighted by molar-refractivity contribution is 6.05. The van der Waals surface area contributed by atoms with Crippen molar-refractivity contribution in [2.24, 2.45) is 11.7 Å². The molecule has 7 heteroatoms. The zero-order valence-electron chi connectivity index (χ0n) is 14.8. The van der Waals surface area contributed by atoms with Crippen LogP contribution in [-0.2, 0) is 0 Å². The molecule has 1 saturated heterocycles. The first-order chi connectivity index (χ1) is 11.4. The summed E-state index contributed by atoms with van der Waals surface area (Å²) in [6.07, 6.45) is 0.907. The number of fused-ring (bicyclic) bond motifs is 1. The Morgan fingerprint density at radius 1 is 1.32 bits per heavy atom. The first kappa shape index (κ1) is 19.4. The number of likely N-dealkylation sites (tertiary alicyclic amines) is 1. The summed E-state index contributed by atoms with van der Waals surface area (Å²) < 4.78 is 1.40. The Morgan fingerprint density at radius 2 is 1.96 bits per heavy atom. The highest BCUT2D eigenvalue weighted by Crippen LogP contribution is 2.25. The molecular formula is C18H25ClN4O2. The minimum atomic E-state index is -0.161. The number of carbonyl (C=O) groups excluding carboxylic acids is 1. The Bertz CT molecular complexity index is 833. The van der Waals surface area contributed by atoms with Crippen LogP contribution in [0.15, 0.2) is 29.1 Å². The van der Waals surface area contributed by atoms with Crippen LogP contribution in [0.25, 0.3) is 10.8 Å². The van der Waals surface area contributed by atoms with E-state index in [9.17, 15) is 9.59 Å². The molecule has 1 aliphatic heterocycles. The largest absolute Gasteiger partial charge is 0.334 e. The van der Waals surface area contributed by atoms with Crippen LogP contribution < -0.4 is 11.3 Å². The summed E-state index contributed by atoms with van der Waals surface area (Å²) in [5, 5.41) is 5.56. The van der Waals surface area contributed by atoms with E-state index in [4.69, 9.17) is 5.73 Å². The van der Waals surface area contributed by atoms with Gasteiger partial charge in [0.1, 0.15) is 0 Å². The molecular weight excluding hydrogens is 340 g/mol. The molecule has 0 radical (unpaired) electrons. The van der Waals surface area contributed by atoms with E-state index in [0.717, 1.165) is 6.42 Å². The van der Waals surface area contributed by atoms with E-state index in [0.29, 0.717) is 35.5 Å². The van der Waals surface area contributed by atoms with E-state index in [1.165, 1.54) is 4.68 Å². The van der Waals surface area contributed by atoms with Crippen molar-refractivity contribution in [1.29, 1.82) is 0 Å². The number of nitrogens with zero attached hydrogens (tertiary/aromatic N) is 3. The molecule has 1 fully saturated rings. The van der Waals surface area contributed by atoms with Gasteiger partial charge >= 0.3 is 0 Å². The van der Waals surface area contributed by atoms with E-state index < -0.39 is 0 Å². The van der Waals surface area contributed by atoms with Crippen LogP contribution in [0.1, 0.15) is 43.7 Å². The van der Waals surface area contributed by atoms with Gasteiger partial charge in [-0.05, 0) is 45.7 Å². The number of nitrogens with two attached hydrogens (primary N) is 1. The normalized spacial score (nSPS) is 20.1. The SMILES string of the molecule is CC1CC(CN)CN1C(=O)c1nn(C(C)C)c(=O)c2ccccc12.Cl. The summed E-state index contributed by atoms with van der Waals surface area (Å²) in [7, 11) is 0. The summed E-state index contributed by atoms with van der Waals surface area (Å²) in [5.41, 5.74) is 5.96. The quantitative estimate of drug-likeness (QED) is 0.905. The van der Waals surface area contributed by atoms with Crippen LogP contribution in [0.3, 0.4) is 0 Å². The maximum atomic E-state index is 13.1. The summed E-state index contributed by atoms with van der Waals surface area (Å²) >= 11 is 0. The number of amides is 1. The minimum absolute atomic E-state index is 0. The van der Waals surface area contributed by atoms with Gasteiger partial charge in [0.25, 0.3) is 11.5 Å². The second-order valence-electron chi connectivity index (χ2n) is 6.88. The van der Waals surface area contributed by atoms with E-state index in [1.807, 2.05) is 37.8 Å². The third-order valence-corrected chi connectivity index (χ3v) is 4.78. The van der Waals surface area contributed by atoms with Gasteiger partial charge in [0.15, 0.2) is 5.69 Å². The molecule has 1 amide bonds. The molecule has 1 aliphatic rings. The Morgan fingerprint density at radius 3 is 2.52 bits per heavy atom. The van der Waals surface area contributed by atoms with Gasteiger partial charge in [-0.2, -0.15) is 5.10 Å². The third-order valence-electron chi connectivity index (χ3n) is 4.78. The maximum absolute atomic E-state index is 13.1. The van der Waals surface area contributed by atoms with Crippen LogP contribution in [0, 0.1) is 5.92 Å². The average molecular weight is 365 g/mol. The maximum Gasteiger partial charge on any atom is 0.275 e. The second-order valence-corrected chi connectivity index (χ2v) is 6.88. The summed E-state index contributed by atoms with van der Waals surface area (Å²) in [6, 6.07) is 7.21. The number of halogens is 1. The molecule has 2 unspecified atom stereocenters. The van der Waals surface area contributed by atoms with Crippen molar-refractivity contribution in [2.45, 2.75) is 39.3 Å². The molecule has 0 spiro atoms. The van der Waals surface area contributed by atoms with Crippen LogP contribution >= 0.6 is 12.4 Å². The molecule has 25 heavy (non-hydrogen) atoms. The molecule has 0 aliphatic carbocycles. The minimum Gasteiger partial charge on any atom is -0.334 e. The van der Waals surface area contributed by atoms with Crippen LogP contribution in [0.5, 0.6) is 0 Å². The summed E-state index contributed by atoms with van der Waals surface area (Å²) in [4.78, 5) is 27.5. The van der Waals surface area contributed by atoms with Gasteiger partial charge in [-0.15, -0.1) is 12.4 Å². The van der Waals surface area contributed by atoms with Gasteiger partial charge in [-0.3, -0.25) is 9.59 Å². The molecule has 3 rings (SSSR count). The molecule has 2 heterocycles. The lowest BCUT2D eigenvalue weighted by Crippen LogP contribution is -2.37. The Kier molecular flexibility index (Phi) is 5.85. The van der Waals surface area contributed by atoms with Crippen LogP contribution in [0.2, 0.25) is 0 Å². The second kappa shape index (κ2) is 7.54. The van der Waals surface area contributed by atoms with Crippen molar-refractivity contribution in [2.75, 3.05) is 13.1 Å². The lowest BCUT2D eigenvalue weighted by atomic mass is 10.1. The van der Waals surface area contributed by atoms with Gasteiger partial charge in [0, 0.05) is 18.0 Å². The monoisotopic (exact) mass is 364 g/mol. The molecule has 2 N–H and O–H groups in total. The number of hydrogen-bond acceptors (Lipinski definition) is 4. The molecule has 1 aromatic carbocycles. The molecule has 1 aromatic heterocycles. The highest BCUT2D eigenvalue weighted by atomic mass is 35.5. The van der Waals surface area contributed by atoms with Gasteiger partial charge in [-0.25, -0.2) is 4.68 Å². The fraction of sp³-hybridized carbons (Fsp3) is 0.500. The number of benzene rings is 1. The number of rotatable bonds is 3. The topological polar surface area (TPSA) is 81.2 Å². The first-order valence-corrected chi connectivity index (χ1v) is 8.46. The summed E-state index contributed by atoms with van der Waals surface area (Å²) in [6.45, 7) is 7.04. The van der Waals surface area contributed by atoms with Crippen molar-refractivity contribution >= 4 is 29.1 Å². The lowest BCUT2D eigenvalue weighted by Gasteiger charge is -2.22. The Hall–Kier alpha value is -1.92. The average Bonchev–Trinajstić information content (AvgIpc) is 2.95. The van der Waals surface area contributed by atoms with Gasteiger partial charge in [-0.1, -0.05) is 18.2 Å². The highest BCUT2D eigenvalue weighted by Gasteiger charge is 2.34. The van der Waals surface area contributed by atoms with Crippen LogP contribution in [0.4, 0.5) is 0 Å². The zero-order chi connectivity index (χ0) is 17.4. The van der Waals surface area contributed by atoms with E-state index in [1.54, 1.807) is 12.1 Å². The van der Waals surface area contributed by atoms with Gasteiger partial charge in [0.2, 0.25) is 0 Å². The third kappa shape index (κ3) is 3.41. The van der Waals surface area contributed by atoms with Crippen LogP contribution in [-0.4, -0.2) is 39.7 Å². The molecule has 136 valence electrons. The van der Waals surface area contributed by atoms with Crippen molar-refractivity contribution < 1.29 is 4.79 Å². The van der Waals surface area contributed by atoms with Gasteiger partial charge in [0.05, 0.1) is 11.4 Å². The van der Waals surface area contributed by atoms with Gasteiger partial charge < -0.3 is 10.6 Å². The standard InChI is InChI=1S/C18H24N4O2.ClH/c1-11(2)22-17(23)15-7-5-4-6-14(15)16(20-22)18(24)21-10-13(9-19)8-12(21)3;/h4-7,11-13H,8-10,19H2,1-3H3;1H. The fourth-order valence-electron chi connectivity index (χ4n) is 3.45. The van der Waals surface area contributed by atoms with E-state index in [-0.39, 0.29) is 36.0 Å². The molecule has 2 aromatic rings. The van der Waals surface area contributed by atoms with Crippen molar-refractivity contribution in [3.05, 3.63) is 40.3 Å². The smallest absolute Gasteiger partial charge is 0.275 e.